The maximum Gasteiger partial charge on any atom is 0.295 e. The molecule has 0 fully saturated rings. The standard InChI is InChI=1S/C15H10N2O4/c18-13-11-7-6-10(8-12(11)14(19)15(13,20)21)17-16-9-4-2-1-3-5-9/h1-8,20-21H. The lowest BCUT2D eigenvalue weighted by Crippen LogP contribution is -2.40. The van der Waals surface area contributed by atoms with E-state index in [0.29, 0.717) is 11.4 Å². The Morgan fingerprint density at radius 3 is 2.10 bits per heavy atom. The first kappa shape index (κ1) is 13.3. The van der Waals surface area contributed by atoms with Crippen molar-refractivity contribution in [3.05, 3.63) is 59.7 Å². The summed E-state index contributed by atoms with van der Waals surface area (Å²) in [7, 11) is 0. The van der Waals surface area contributed by atoms with E-state index in [-0.39, 0.29) is 11.1 Å². The molecule has 1 aliphatic carbocycles. The van der Waals surface area contributed by atoms with Crippen LogP contribution in [0.1, 0.15) is 20.7 Å². The van der Waals surface area contributed by atoms with E-state index in [2.05, 4.69) is 10.2 Å². The van der Waals surface area contributed by atoms with Crippen LogP contribution >= 0.6 is 0 Å². The molecule has 0 radical (unpaired) electrons. The number of hydrogen-bond acceptors (Lipinski definition) is 6. The molecule has 2 aromatic carbocycles. The molecule has 0 saturated heterocycles. The minimum absolute atomic E-state index is 0.0244. The number of ketones is 2. The van der Waals surface area contributed by atoms with E-state index < -0.39 is 17.4 Å². The molecule has 2 N–H and O–H groups in total. The average Bonchev–Trinajstić information content (AvgIpc) is 2.67. The average molecular weight is 282 g/mol. The number of fused-ring (bicyclic) bond motifs is 1. The predicted molar refractivity (Wildman–Crippen MR) is 72.9 cm³/mol. The van der Waals surface area contributed by atoms with Crippen LogP contribution < -0.4 is 0 Å². The summed E-state index contributed by atoms with van der Waals surface area (Å²) >= 11 is 0. The third-order valence-corrected chi connectivity index (χ3v) is 3.16. The highest BCUT2D eigenvalue weighted by Crippen LogP contribution is 2.31. The lowest BCUT2D eigenvalue weighted by atomic mass is 10.1. The van der Waals surface area contributed by atoms with Gasteiger partial charge in [0.15, 0.2) is 0 Å². The van der Waals surface area contributed by atoms with Crippen molar-refractivity contribution in [1.29, 1.82) is 0 Å². The van der Waals surface area contributed by atoms with Gasteiger partial charge in [-0.15, -0.1) is 0 Å². The molecule has 2 aromatic rings. The van der Waals surface area contributed by atoms with Gasteiger partial charge in [0.25, 0.3) is 5.79 Å². The van der Waals surface area contributed by atoms with E-state index in [0.717, 1.165) is 0 Å². The summed E-state index contributed by atoms with van der Waals surface area (Å²) in [5, 5.41) is 26.9. The van der Waals surface area contributed by atoms with Crippen molar-refractivity contribution in [2.45, 2.75) is 5.79 Å². The number of carbonyl (C=O) groups excluding carboxylic acids is 2. The van der Waals surface area contributed by atoms with Crippen molar-refractivity contribution in [3.8, 4) is 0 Å². The molecule has 0 aromatic heterocycles. The van der Waals surface area contributed by atoms with Gasteiger partial charge in [-0.05, 0) is 30.3 Å². The maximum atomic E-state index is 11.8. The van der Waals surface area contributed by atoms with Crippen molar-refractivity contribution >= 4 is 22.9 Å². The maximum absolute atomic E-state index is 11.8. The van der Waals surface area contributed by atoms with Crippen LogP contribution in [-0.4, -0.2) is 27.6 Å². The van der Waals surface area contributed by atoms with E-state index in [4.69, 9.17) is 0 Å². The van der Waals surface area contributed by atoms with Crippen molar-refractivity contribution in [1.82, 2.24) is 0 Å². The fraction of sp³-hybridized carbons (Fsp3) is 0.0667. The summed E-state index contributed by atoms with van der Waals surface area (Å²) in [6, 6.07) is 13.1. The number of azo groups is 1. The van der Waals surface area contributed by atoms with Crippen LogP contribution in [0.3, 0.4) is 0 Å². The summed E-state index contributed by atoms with van der Waals surface area (Å²) in [5.41, 5.74) is 0.897. The van der Waals surface area contributed by atoms with Crippen molar-refractivity contribution < 1.29 is 19.8 Å². The largest absolute Gasteiger partial charge is 0.353 e. The number of rotatable bonds is 2. The normalized spacial score (nSPS) is 16.5. The Hall–Kier alpha value is -2.70. The second-order valence-corrected chi connectivity index (χ2v) is 4.60. The number of aliphatic hydroxyl groups is 2. The molecule has 3 rings (SSSR count). The molecular weight excluding hydrogens is 272 g/mol. The van der Waals surface area contributed by atoms with Gasteiger partial charge in [-0.1, -0.05) is 18.2 Å². The third kappa shape index (κ3) is 2.16. The quantitative estimate of drug-likeness (QED) is 0.501. The van der Waals surface area contributed by atoms with Crippen molar-refractivity contribution in [2.75, 3.05) is 0 Å². The molecule has 0 unspecified atom stereocenters. The SMILES string of the molecule is O=C1c2ccc(N=Nc3ccccc3)cc2C(=O)C1(O)O. The monoisotopic (exact) mass is 282 g/mol. The molecule has 1 aliphatic rings. The molecule has 0 saturated carbocycles. The second-order valence-electron chi connectivity index (χ2n) is 4.60. The van der Waals surface area contributed by atoms with E-state index in [1.807, 2.05) is 18.2 Å². The van der Waals surface area contributed by atoms with E-state index >= 15 is 0 Å². The van der Waals surface area contributed by atoms with E-state index in [1.54, 1.807) is 12.1 Å². The minimum Gasteiger partial charge on any atom is -0.353 e. The summed E-state index contributed by atoms with van der Waals surface area (Å²) in [6.07, 6.45) is 0. The highest BCUT2D eigenvalue weighted by atomic mass is 16.5. The van der Waals surface area contributed by atoms with Crippen LogP contribution in [0.25, 0.3) is 0 Å². The Labute approximate surface area is 119 Å². The summed E-state index contributed by atoms with van der Waals surface area (Å²) < 4.78 is 0. The summed E-state index contributed by atoms with van der Waals surface area (Å²) in [4.78, 5) is 23.4. The van der Waals surface area contributed by atoms with Crippen molar-refractivity contribution in [3.63, 3.8) is 0 Å². The second kappa shape index (κ2) is 4.69. The Bertz CT molecular complexity index is 766. The molecule has 0 amide bonds. The molecule has 0 aliphatic heterocycles. The Morgan fingerprint density at radius 1 is 0.762 bits per heavy atom. The lowest BCUT2D eigenvalue weighted by molar-refractivity contribution is -0.0857. The van der Waals surface area contributed by atoms with Crippen LogP contribution in [0, 0.1) is 0 Å². The number of benzene rings is 2. The van der Waals surface area contributed by atoms with Crippen LogP contribution in [0.15, 0.2) is 58.8 Å². The zero-order valence-corrected chi connectivity index (χ0v) is 10.7. The first-order valence-electron chi connectivity index (χ1n) is 6.15. The lowest BCUT2D eigenvalue weighted by Gasteiger charge is -2.08. The number of hydrogen-bond donors (Lipinski definition) is 2. The Balaban J connectivity index is 1.96. The zero-order chi connectivity index (χ0) is 15.0. The first-order valence-corrected chi connectivity index (χ1v) is 6.15. The van der Waals surface area contributed by atoms with Crippen LogP contribution in [0.4, 0.5) is 11.4 Å². The van der Waals surface area contributed by atoms with Crippen LogP contribution in [0.5, 0.6) is 0 Å². The topological polar surface area (TPSA) is 99.3 Å². The smallest absolute Gasteiger partial charge is 0.295 e. The number of Topliss-reactive ketones (excluding diaryl/α,β-unsaturated/α-hetero) is 2. The first-order chi connectivity index (χ1) is 10.00. The predicted octanol–water partition coefficient (Wildman–Crippen LogP) is 2.16. The number of carbonyl (C=O) groups is 2. The Morgan fingerprint density at radius 2 is 1.38 bits per heavy atom. The van der Waals surface area contributed by atoms with Gasteiger partial charge < -0.3 is 10.2 Å². The molecule has 0 spiro atoms. The molecule has 6 nitrogen and oxygen atoms in total. The number of nitrogens with zero attached hydrogens (tertiary/aromatic N) is 2. The highest BCUT2D eigenvalue weighted by molar-refractivity contribution is 6.30. The fourth-order valence-corrected chi connectivity index (χ4v) is 2.07. The molecule has 0 atom stereocenters. The molecule has 104 valence electrons. The van der Waals surface area contributed by atoms with Gasteiger partial charge in [-0.2, -0.15) is 10.2 Å². The van der Waals surface area contributed by atoms with Gasteiger partial charge in [-0.3, -0.25) is 9.59 Å². The van der Waals surface area contributed by atoms with Crippen molar-refractivity contribution in [2.24, 2.45) is 10.2 Å². The fourth-order valence-electron chi connectivity index (χ4n) is 2.07. The van der Waals surface area contributed by atoms with E-state index in [1.165, 1.54) is 18.2 Å². The van der Waals surface area contributed by atoms with Gasteiger partial charge in [0, 0.05) is 11.1 Å². The zero-order valence-electron chi connectivity index (χ0n) is 10.7. The van der Waals surface area contributed by atoms with E-state index in [9.17, 15) is 19.8 Å². The van der Waals surface area contributed by atoms with Gasteiger partial charge in [0.05, 0.1) is 11.4 Å². The summed E-state index contributed by atoms with van der Waals surface area (Å²) in [5.74, 6) is -5.04. The molecule has 0 heterocycles. The molecule has 0 bridgehead atoms. The molecule has 6 heteroatoms. The molecular formula is C15H10N2O4. The van der Waals surface area contributed by atoms with Gasteiger partial charge in [0.1, 0.15) is 0 Å². The third-order valence-electron chi connectivity index (χ3n) is 3.16. The van der Waals surface area contributed by atoms with Gasteiger partial charge in [-0.25, -0.2) is 0 Å². The minimum atomic E-state index is -2.97. The highest BCUT2D eigenvalue weighted by Gasteiger charge is 2.50. The Kier molecular flexibility index (Phi) is 2.97. The van der Waals surface area contributed by atoms with Crippen LogP contribution in [0.2, 0.25) is 0 Å². The summed E-state index contributed by atoms with van der Waals surface area (Å²) in [6.45, 7) is 0. The van der Waals surface area contributed by atoms with Crippen LogP contribution in [-0.2, 0) is 0 Å². The van der Waals surface area contributed by atoms with Gasteiger partial charge >= 0.3 is 0 Å². The molecule has 21 heavy (non-hydrogen) atoms. The van der Waals surface area contributed by atoms with Gasteiger partial charge in [0.2, 0.25) is 11.6 Å².